The molecule has 0 N–H and O–H groups in total. The van der Waals surface area contributed by atoms with Crippen molar-refractivity contribution in [1.82, 2.24) is 0 Å². The fourth-order valence-electron chi connectivity index (χ4n) is 0. The molecule has 0 aromatic carbocycles. The number of rotatable bonds is 0. The van der Waals surface area contributed by atoms with Crippen LogP contribution in [0.4, 0.5) is 0 Å². The maximum Gasteiger partial charge on any atom is 0 e. The third kappa shape index (κ3) is 9.40. The number of hydrogen-bond acceptors (Lipinski definition) is 0. The van der Waals surface area contributed by atoms with E-state index in [1.54, 1.807) is 0 Å². The van der Waals surface area contributed by atoms with Crippen molar-refractivity contribution >= 4 is 106 Å². The molecule has 0 spiro atoms. The van der Waals surface area contributed by atoms with Crippen LogP contribution in [-0.4, -0.2) is 106 Å². The Kier molecular flexibility index (Phi) is 96.1. The SMILES string of the molecule is [Ca].[K].[Se].[Zn]. The molecule has 0 aromatic heterocycles. The van der Waals surface area contributed by atoms with Gasteiger partial charge in [0.15, 0.2) is 0 Å². The number of hydrogen-bond donors (Lipinski definition) is 0. The van der Waals surface area contributed by atoms with Crippen LogP contribution in [0.3, 0.4) is 0 Å². The van der Waals surface area contributed by atoms with Gasteiger partial charge < -0.3 is 0 Å². The molecule has 5 radical (unpaired) electrons. The fraction of sp³-hybridized carbons (Fsp3) is 0. The second kappa shape index (κ2) is 15.7. The molecule has 0 bridgehead atoms. The van der Waals surface area contributed by atoms with Crippen LogP contribution in [-0.2, 0) is 19.5 Å². The van der Waals surface area contributed by atoms with Crippen molar-refractivity contribution in [3.8, 4) is 0 Å². The van der Waals surface area contributed by atoms with Gasteiger partial charge in [0.2, 0.25) is 0 Å². The van der Waals surface area contributed by atoms with Crippen molar-refractivity contribution in [2.75, 3.05) is 0 Å². The van der Waals surface area contributed by atoms with E-state index in [1.165, 1.54) is 0 Å². The van der Waals surface area contributed by atoms with Crippen LogP contribution >= 0.6 is 0 Å². The molecule has 0 unspecified atom stereocenters. The largest absolute Gasteiger partial charge is 0 e. The van der Waals surface area contributed by atoms with Crippen LogP contribution in [0.5, 0.6) is 0 Å². The minimum absolute atomic E-state index is 0. The monoisotopic (exact) mass is 223 g/mol. The Morgan fingerprint density at radius 3 is 1.00 bits per heavy atom. The summed E-state index contributed by atoms with van der Waals surface area (Å²) in [4.78, 5) is 0. The van der Waals surface area contributed by atoms with E-state index in [0.29, 0.717) is 0 Å². The molecular weight excluding hydrogens is 224 g/mol. The smallest absolute Gasteiger partial charge is 0 e. The van der Waals surface area contributed by atoms with E-state index in [0.717, 1.165) is 0 Å². The Hall–Kier alpha value is 4.04. The third-order valence-electron chi connectivity index (χ3n) is 0. The zero-order chi connectivity index (χ0) is 0. The third-order valence-corrected chi connectivity index (χ3v) is 0. The fourth-order valence-corrected chi connectivity index (χ4v) is 0. The molecule has 0 heterocycles. The van der Waals surface area contributed by atoms with Crippen LogP contribution in [0, 0.1) is 0 Å². The molecule has 4 heavy (non-hydrogen) atoms. The summed E-state index contributed by atoms with van der Waals surface area (Å²) in [5.41, 5.74) is 0. The van der Waals surface area contributed by atoms with Crippen molar-refractivity contribution in [3.63, 3.8) is 0 Å². The maximum atomic E-state index is 0. The van der Waals surface area contributed by atoms with Gasteiger partial charge in [-0.15, -0.1) is 0 Å². The molecule has 0 saturated carbocycles. The summed E-state index contributed by atoms with van der Waals surface area (Å²) < 4.78 is 0. The Bertz CT molecular complexity index is 8.00. The quantitative estimate of drug-likeness (QED) is 0.455. The first kappa shape index (κ1) is 24.4. The molecule has 0 rings (SSSR count). The van der Waals surface area contributed by atoms with E-state index in [9.17, 15) is 0 Å². The van der Waals surface area contributed by atoms with E-state index in [-0.39, 0.29) is 126 Å². The average Bonchev–Trinajstić information content (AvgIpc) is 0. The molecule has 0 saturated heterocycles. The van der Waals surface area contributed by atoms with Crippen molar-refractivity contribution < 1.29 is 19.5 Å². The van der Waals surface area contributed by atoms with Gasteiger partial charge in [0.1, 0.15) is 0 Å². The second-order valence-corrected chi connectivity index (χ2v) is 0. The summed E-state index contributed by atoms with van der Waals surface area (Å²) >= 11 is 0. The van der Waals surface area contributed by atoms with E-state index in [2.05, 4.69) is 0 Å². The van der Waals surface area contributed by atoms with Crippen LogP contribution in [0.25, 0.3) is 0 Å². The minimum Gasteiger partial charge on any atom is 0 e. The molecule has 0 nitrogen and oxygen atoms in total. The Labute approximate surface area is 122 Å². The van der Waals surface area contributed by atoms with Gasteiger partial charge in [-0.25, -0.2) is 0 Å². The molecule has 0 amide bonds. The van der Waals surface area contributed by atoms with Gasteiger partial charge >= 0.3 is 0 Å². The first-order valence-corrected chi connectivity index (χ1v) is 0. The van der Waals surface area contributed by atoms with Crippen molar-refractivity contribution in [1.29, 1.82) is 0 Å². The minimum atomic E-state index is 0. The molecule has 4 heteroatoms. The van der Waals surface area contributed by atoms with Crippen molar-refractivity contribution in [2.45, 2.75) is 0 Å². The molecule has 0 atom stereocenters. The van der Waals surface area contributed by atoms with Crippen LogP contribution in [0.1, 0.15) is 0 Å². The van der Waals surface area contributed by atoms with Crippen LogP contribution < -0.4 is 0 Å². The van der Waals surface area contributed by atoms with Crippen LogP contribution in [0.2, 0.25) is 0 Å². The van der Waals surface area contributed by atoms with Crippen molar-refractivity contribution in [3.05, 3.63) is 0 Å². The van der Waals surface area contributed by atoms with Gasteiger partial charge in [0.05, 0.1) is 0 Å². The summed E-state index contributed by atoms with van der Waals surface area (Å²) in [6, 6.07) is 0. The predicted molar refractivity (Wildman–Crippen MR) is 17.3 cm³/mol. The standard InChI is InChI=1S/Ca.K.Se.Zn. The molecule has 0 aliphatic heterocycles. The second-order valence-electron chi connectivity index (χ2n) is 0. The summed E-state index contributed by atoms with van der Waals surface area (Å²) in [5, 5.41) is 0. The molecule has 0 aliphatic carbocycles. The molecule has 0 aromatic rings. The van der Waals surface area contributed by atoms with Gasteiger partial charge in [-0.3, -0.25) is 0 Å². The molecule has 11 valence electrons. The Balaban J connectivity index is 0. The van der Waals surface area contributed by atoms with E-state index in [4.69, 9.17) is 0 Å². The molecule has 0 fully saturated rings. The summed E-state index contributed by atoms with van der Waals surface area (Å²) in [6.45, 7) is 0. The zero-order valence-corrected chi connectivity index (χ0v) is 12.8. The summed E-state index contributed by atoms with van der Waals surface area (Å²) in [7, 11) is 0. The maximum absolute atomic E-state index is 0. The average molecular weight is 224 g/mol. The van der Waals surface area contributed by atoms with Gasteiger partial charge in [-0.1, -0.05) is 0 Å². The molecular formula is CaKSeZn. The Morgan fingerprint density at radius 2 is 1.00 bits per heavy atom. The van der Waals surface area contributed by atoms with E-state index >= 15 is 0 Å². The van der Waals surface area contributed by atoms with Crippen LogP contribution in [0.15, 0.2) is 0 Å². The normalized spacial score (nSPS) is 0. The predicted octanol–water partition coefficient (Wildman–Crippen LogP) is -1.14. The zero-order valence-electron chi connectivity index (χ0n) is 2.82. The topological polar surface area (TPSA) is 0 Å². The first-order chi connectivity index (χ1) is 0. The van der Waals surface area contributed by atoms with Gasteiger partial charge in [-0.05, 0) is 0 Å². The van der Waals surface area contributed by atoms with Gasteiger partial charge in [-0.2, -0.15) is 0 Å². The first-order valence-electron chi connectivity index (χ1n) is 0. The molecule has 0 aliphatic rings. The summed E-state index contributed by atoms with van der Waals surface area (Å²) in [5.74, 6) is 0. The van der Waals surface area contributed by atoms with Gasteiger partial charge in [0, 0.05) is 126 Å². The summed E-state index contributed by atoms with van der Waals surface area (Å²) in [6.07, 6.45) is 0. The van der Waals surface area contributed by atoms with E-state index < -0.39 is 0 Å². The Morgan fingerprint density at radius 1 is 1.00 bits per heavy atom. The van der Waals surface area contributed by atoms with Crippen molar-refractivity contribution in [2.24, 2.45) is 0 Å². The van der Waals surface area contributed by atoms with Gasteiger partial charge in [0.25, 0.3) is 0 Å². The van der Waals surface area contributed by atoms with E-state index in [1.807, 2.05) is 0 Å².